The zero-order valence-electron chi connectivity index (χ0n) is 8.15. The van der Waals surface area contributed by atoms with Crippen molar-refractivity contribution in [2.24, 2.45) is 0 Å². The number of nitrogens with zero attached hydrogens (tertiary/aromatic N) is 2. The number of hydrogen-bond donors (Lipinski definition) is 1. The van der Waals surface area contributed by atoms with E-state index in [1.807, 2.05) is 21.1 Å². The normalized spacial score (nSPS) is 13.1. The number of likely N-dealkylation sites (N-methyl/N-ethyl adjacent to an activating group) is 1. The molecular weight excluding hydrogens is 172 g/mol. The molecule has 0 aromatic rings. The number of carboxylic acids is 1. The van der Waals surface area contributed by atoms with Crippen LogP contribution in [0.3, 0.4) is 0 Å². The molecule has 0 aromatic carbocycles. The number of ether oxygens (including phenoxy) is 1. The van der Waals surface area contributed by atoms with Crippen LogP contribution in [0, 0.1) is 11.5 Å². The molecule has 0 radical (unpaired) electrons. The van der Waals surface area contributed by atoms with Crippen LogP contribution in [0.1, 0.15) is 6.42 Å². The Hall–Kier alpha value is -1.28. The van der Waals surface area contributed by atoms with Gasteiger partial charge in [0.05, 0.1) is 27.6 Å². The van der Waals surface area contributed by atoms with Gasteiger partial charge >= 0.3 is 5.97 Å². The largest absolute Gasteiger partial charge is 0.481 e. The second kappa shape index (κ2) is 4.67. The third-order valence-corrected chi connectivity index (χ3v) is 1.37. The van der Waals surface area contributed by atoms with Crippen molar-refractivity contribution in [1.29, 1.82) is 5.26 Å². The van der Waals surface area contributed by atoms with Gasteiger partial charge in [-0.2, -0.15) is 5.26 Å². The number of quaternary nitrogens is 1. The Morgan fingerprint density at radius 3 is 2.46 bits per heavy atom. The maximum absolute atomic E-state index is 10.4. The Bertz CT molecular complexity index is 214. The molecule has 13 heavy (non-hydrogen) atoms. The van der Waals surface area contributed by atoms with E-state index in [4.69, 9.17) is 10.4 Å². The lowest BCUT2D eigenvalue weighted by molar-refractivity contribution is -0.873. The quantitative estimate of drug-likeness (QED) is 0.487. The van der Waals surface area contributed by atoms with Crippen molar-refractivity contribution >= 4 is 5.97 Å². The molecule has 0 heterocycles. The highest BCUT2D eigenvalue weighted by Gasteiger charge is 2.22. The minimum Gasteiger partial charge on any atom is -0.481 e. The Kier molecular flexibility index (Phi) is 4.21. The zero-order valence-corrected chi connectivity index (χ0v) is 8.15. The van der Waals surface area contributed by atoms with E-state index in [2.05, 4.69) is 4.74 Å². The number of carboxylic acid groups (broad SMARTS) is 1. The van der Waals surface area contributed by atoms with Gasteiger partial charge in [-0.05, 0) is 0 Å². The number of aliphatic carboxylic acids is 1. The van der Waals surface area contributed by atoms with Crippen molar-refractivity contribution in [1.82, 2.24) is 0 Å². The molecule has 1 atom stereocenters. The third kappa shape index (κ3) is 7.09. The lowest BCUT2D eigenvalue weighted by atomic mass is 10.2. The molecule has 0 saturated heterocycles. The minimum atomic E-state index is -0.950. The minimum absolute atomic E-state index is 0.136. The molecule has 0 unspecified atom stereocenters. The van der Waals surface area contributed by atoms with E-state index < -0.39 is 12.1 Å². The van der Waals surface area contributed by atoms with Gasteiger partial charge in [0, 0.05) is 0 Å². The standard InChI is InChI=1S/C8H14N2O3/c1-10(2,3)5-7(13-6-9)4-8(11)12/h7H,4-5H2,1-3H3/p+1/t7-/m1/s1. The molecule has 74 valence electrons. The topological polar surface area (TPSA) is 70.3 Å². The summed E-state index contributed by atoms with van der Waals surface area (Å²) in [5, 5.41) is 16.8. The van der Waals surface area contributed by atoms with Crippen molar-refractivity contribution in [3.63, 3.8) is 0 Å². The SMILES string of the molecule is C[N+](C)(C)C[C@@H](CC(=O)O)OC#N. The van der Waals surface area contributed by atoms with Gasteiger partial charge in [0.1, 0.15) is 6.54 Å². The maximum atomic E-state index is 10.4. The summed E-state index contributed by atoms with van der Waals surface area (Å²) in [6, 6.07) is 0. The van der Waals surface area contributed by atoms with E-state index in [-0.39, 0.29) is 6.42 Å². The van der Waals surface area contributed by atoms with Crippen LogP contribution in [0.5, 0.6) is 0 Å². The van der Waals surface area contributed by atoms with E-state index in [0.29, 0.717) is 11.0 Å². The van der Waals surface area contributed by atoms with Crippen LogP contribution < -0.4 is 0 Å². The van der Waals surface area contributed by atoms with Gasteiger partial charge in [-0.3, -0.25) is 4.79 Å². The Labute approximate surface area is 77.7 Å². The van der Waals surface area contributed by atoms with Gasteiger partial charge in [-0.15, -0.1) is 0 Å². The monoisotopic (exact) mass is 187 g/mol. The highest BCUT2D eigenvalue weighted by Crippen LogP contribution is 2.03. The first-order valence-corrected chi connectivity index (χ1v) is 3.92. The fourth-order valence-corrected chi connectivity index (χ4v) is 1.02. The van der Waals surface area contributed by atoms with Gasteiger partial charge < -0.3 is 14.3 Å². The highest BCUT2D eigenvalue weighted by atomic mass is 16.5. The molecule has 0 bridgehead atoms. The lowest BCUT2D eigenvalue weighted by Gasteiger charge is -2.26. The molecule has 5 nitrogen and oxygen atoms in total. The molecule has 0 aliphatic rings. The molecule has 0 aliphatic heterocycles. The first-order chi connectivity index (χ1) is 5.85. The molecule has 5 heteroatoms. The molecule has 0 amide bonds. The van der Waals surface area contributed by atoms with Crippen LogP contribution in [0.25, 0.3) is 0 Å². The van der Waals surface area contributed by atoms with E-state index in [1.54, 1.807) is 0 Å². The fraction of sp³-hybridized carbons (Fsp3) is 0.750. The van der Waals surface area contributed by atoms with Gasteiger partial charge in [-0.1, -0.05) is 0 Å². The number of hydrogen-bond acceptors (Lipinski definition) is 3. The summed E-state index contributed by atoms with van der Waals surface area (Å²) in [7, 11) is 5.74. The summed E-state index contributed by atoms with van der Waals surface area (Å²) in [5.41, 5.74) is 0. The van der Waals surface area contributed by atoms with E-state index >= 15 is 0 Å². The van der Waals surface area contributed by atoms with Crippen LogP contribution >= 0.6 is 0 Å². The van der Waals surface area contributed by atoms with Crippen LogP contribution in [0.15, 0.2) is 0 Å². The zero-order chi connectivity index (χ0) is 10.5. The molecule has 0 aromatic heterocycles. The van der Waals surface area contributed by atoms with Crippen LogP contribution in [-0.4, -0.2) is 49.4 Å². The third-order valence-electron chi connectivity index (χ3n) is 1.37. The lowest BCUT2D eigenvalue weighted by Crippen LogP contribution is -2.42. The van der Waals surface area contributed by atoms with Crippen molar-refractivity contribution in [2.45, 2.75) is 12.5 Å². The van der Waals surface area contributed by atoms with E-state index in [9.17, 15) is 4.79 Å². The number of rotatable bonds is 5. The fourth-order valence-electron chi connectivity index (χ4n) is 1.02. The van der Waals surface area contributed by atoms with Crippen molar-refractivity contribution < 1.29 is 19.1 Å². The Morgan fingerprint density at radius 1 is 1.62 bits per heavy atom. The molecule has 0 saturated carbocycles. The number of nitriles is 1. The summed E-state index contributed by atoms with van der Waals surface area (Å²) < 4.78 is 5.21. The summed E-state index contributed by atoms with van der Waals surface area (Å²) in [6.07, 6.45) is 0.847. The van der Waals surface area contributed by atoms with E-state index in [1.165, 1.54) is 6.26 Å². The Morgan fingerprint density at radius 2 is 2.15 bits per heavy atom. The second-order valence-electron chi connectivity index (χ2n) is 3.90. The summed E-state index contributed by atoms with van der Waals surface area (Å²) in [4.78, 5) is 10.4. The molecule has 1 N–H and O–H groups in total. The molecule has 0 spiro atoms. The Balaban J connectivity index is 4.11. The predicted molar refractivity (Wildman–Crippen MR) is 45.6 cm³/mol. The predicted octanol–water partition coefficient (Wildman–Crippen LogP) is 0.0336. The second-order valence-corrected chi connectivity index (χ2v) is 3.90. The maximum Gasteiger partial charge on any atom is 0.307 e. The summed E-state index contributed by atoms with van der Waals surface area (Å²) in [6.45, 7) is 0.500. The van der Waals surface area contributed by atoms with Gasteiger partial charge in [-0.25, -0.2) is 0 Å². The molecule has 0 fully saturated rings. The van der Waals surface area contributed by atoms with Crippen molar-refractivity contribution in [3.05, 3.63) is 0 Å². The van der Waals surface area contributed by atoms with Crippen molar-refractivity contribution in [3.8, 4) is 6.26 Å². The van der Waals surface area contributed by atoms with Gasteiger partial charge in [0.2, 0.25) is 0 Å². The van der Waals surface area contributed by atoms with E-state index in [0.717, 1.165) is 0 Å². The van der Waals surface area contributed by atoms with Crippen LogP contribution in [0.4, 0.5) is 0 Å². The van der Waals surface area contributed by atoms with Gasteiger partial charge in [0.25, 0.3) is 6.26 Å². The first kappa shape index (κ1) is 11.7. The van der Waals surface area contributed by atoms with Crippen LogP contribution in [0.2, 0.25) is 0 Å². The van der Waals surface area contributed by atoms with Crippen molar-refractivity contribution in [2.75, 3.05) is 27.7 Å². The highest BCUT2D eigenvalue weighted by molar-refractivity contribution is 5.67. The van der Waals surface area contributed by atoms with Gasteiger partial charge in [0.15, 0.2) is 6.10 Å². The first-order valence-electron chi connectivity index (χ1n) is 3.92. The average molecular weight is 187 g/mol. The smallest absolute Gasteiger partial charge is 0.307 e. The average Bonchev–Trinajstić information content (AvgIpc) is 1.81. The summed E-state index contributed by atoms with van der Waals surface area (Å²) in [5.74, 6) is -0.950. The molecule has 0 rings (SSSR count). The summed E-state index contributed by atoms with van der Waals surface area (Å²) >= 11 is 0. The molecule has 0 aliphatic carbocycles. The number of carbonyl (C=O) groups is 1. The van der Waals surface area contributed by atoms with Crippen LogP contribution in [-0.2, 0) is 9.53 Å². The molecular formula is C8H15N2O3+.